The third kappa shape index (κ3) is 29.2. The Morgan fingerprint density at radius 1 is 0.492 bits per heavy atom. The van der Waals surface area contributed by atoms with Crippen molar-refractivity contribution >= 4 is 11.9 Å². The van der Waals surface area contributed by atoms with E-state index in [2.05, 4.69) is 74.2 Å². The number of hydrogen-bond donors (Lipinski definition) is 1. The summed E-state index contributed by atoms with van der Waals surface area (Å²) < 4.78 is 23.5. The van der Waals surface area contributed by atoms with Crippen LogP contribution in [0.1, 0.15) is 191 Å². The Kier molecular flexibility index (Phi) is 32.9. The summed E-state index contributed by atoms with van der Waals surface area (Å²) in [5, 5.41) is 9.58. The molecule has 2 aromatic rings. The van der Waals surface area contributed by atoms with E-state index in [0.29, 0.717) is 45.8 Å². The second-order valence-electron chi connectivity index (χ2n) is 16.5. The minimum atomic E-state index is -0.510. The number of esters is 2. The van der Waals surface area contributed by atoms with E-state index >= 15 is 0 Å². The summed E-state index contributed by atoms with van der Waals surface area (Å²) in [7, 11) is 0. The number of unbranched alkanes of at least 4 members (excludes halogenated alkanes) is 15. The van der Waals surface area contributed by atoms with Crippen LogP contribution in [0.5, 0.6) is 0 Å². The summed E-state index contributed by atoms with van der Waals surface area (Å²) >= 11 is 0. The van der Waals surface area contributed by atoms with E-state index in [1.165, 1.54) is 68.9 Å². The first kappa shape index (κ1) is 52.4. The van der Waals surface area contributed by atoms with Crippen LogP contribution in [0, 0.1) is 0 Å². The van der Waals surface area contributed by atoms with Gasteiger partial charge < -0.3 is 29.0 Å². The zero-order chi connectivity index (χ0) is 42.4. The summed E-state index contributed by atoms with van der Waals surface area (Å²) in [6.07, 6.45) is 25.5. The van der Waals surface area contributed by atoms with E-state index in [-0.39, 0.29) is 25.0 Å². The molecule has 0 aliphatic rings. The van der Waals surface area contributed by atoms with Crippen molar-refractivity contribution in [2.75, 3.05) is 39.5 Å². The minimum absolute atomic E-state index is 0.0476. The van der Waals surface area contributed by atoms with Gasteiger partial charge in [-0.15, -0.1) is 0 Å². The molecule has 0 saturated heterocycles. The van der Waals surface area contributed by atoms with Crippen LogP contribution < -0.4 is 0 Å². The van der Waals surface area contributed by atoms with Crippen LogP contribution in [0.3, 0.4) is 0 Å². The summed E-state index contributed by atoms with van der Waals surface area (Å²) in [5.74, 6) is -0.260. The summed E-state index contributed by atoms with van der Waals surface area (Å²) in [5.41, 5.74) is 4.88. The number of hydrogen-bond acceptors (Lipinski definition) is 8. The number of benzene rings is 2. The molecule has 0 atom stereocenters. The Morgan fingerprint density at radius 3 is 1.37 bits per heavy atom. The third-order valence-corrected chi connectivity index (χ3v) is 11.1. The predicted molar refractivity (Wildman–Crippen MR) is 242 cm³/mol. The van der Waals surface area contributed by atoms with Gasteiger partial charge in [0.15, 0.2) is 6.29 Å². The highest BCUT2D eigenvalue weighted by atomic mass is 16.7. The SMILES string of the molecule is CCCCCCCCCOC(=O)CCCCCCCN(CCO)CCCCCCOC(=O)CCC(OCc1ccc(CCCC)cc1)OCc1ccc(CCCC)cc1. The van der Waals surface area contributed by atoms with Crippen molar-refractivity contribution in [3.63, 3.8) is 0 Å². The molecule has 336 valence electrons. The number of carbonyl (C=O) groups excluding carboxylic acids is 2. The molecule has 0 amide bonds. The van der Waals surface area contributed by atoms with Crippen molar-refractivity contribution < 1.29 is 33.6 Å². The van der Waals surface area contributed by atoms with Gasteiger partial charge in [0.05, 0.1) is 39.5 Å². The quantitative estimate of drug-likeness (QED) is 0.0403. The summed E-state index contributed by atoms with van der Waals surface area (Å²) in [6, 6.07) is 17.2. The van der Waals surface area contributed by atoms with Crippen LogP contribution in [-0.4, -0.2) is 67.7 Å². The highest BCUT2D eigenvalue weighted by molar-refractivity contribution is 5.69. The molecule has 0 saturated carbocycles. The van der Waals surface area contributed by atoms with Gasteiger partial charge in [-0.3, -0.25) is 9.59 Å². The Bertz CT molecular complexity index is 1210. The Labute approximate surface area is 360 Å². The van der Waals surface area contributed by atoms with Gasteiger partial charge in [0.1, 0.15) is 0 Å². The number of rotatable bonds is 40. The van der Waals surface area contributed by atoms with Gasteiger partial charge in [-0.2, -0.15) is 0 Å². The van der Waals surface area contributed by atoms with E-state index < -0.39 is 6.29 Å². The molecule has 0 aliphatic carbocycles. The Morgan fingerprint density at radius 2 is 0.898 bits per heavy atom. The first-order valence-corrected chi connectivity index (χ1v) is 24.0. The molecule has 0 radical (unpaired) electrons. The highest BCUT2D eigenvalue weighted by Crippen LogP contribution is 2.17. The maximum atomic E-state index is 12.7. The molecule has 0 bridgehead atoms. The van der Waals surface area contributed by atoms with Crippen molar-refractivity contribution in [1.29, 1.82) is 0 Å². The molecule has 0 aliphatic heterocycles. The monoisotopic (exact) mass is 824 g/mol. The fourth-order valence-corrected chi connectivity index (χ4v) is 7.17. The fourth-order valence-electron chi connectivity index (χ4n) is 7.17. The van der Waals surface area contributed by atoms with Crippen molar-refractivity contribution in [3.8, 4) is 0 Å². The number of aryl methyl sites for hydroxylation is 2. The topological polar surface area (TPSA) is 94.5 Å². The predicted octanol–water partition coefficient (Wildman–Crippen LogP) is 12.2. The smallest absolute Gasteiger partial charge is 0.305 e. The molecule has 59 heavy (non-hydrogen) atoms. The van der Waals surface area contributed by atoms with Crippen LogP contribution >= 0.6 is 0 Å². The van der Waals surface area contributed by atoms with Crippen LogP contribution in [0.15, 0.2) is 48.5 Å². The molecule has 0 spiro atoms. The molecule has 8 nitrogen and oxygen atoms in total. The van der Waals surface area contributed by atoms with Crippen molar-refractivity contribution in [3.05, 3.63) is 70.8 Å². The lowest BCUT2D eigenvalue weighted by atomic mass is 10.1. The highest BCUT2D eigenvalue weighted by Gasteiger charge is 2.15. The van der Waals surface area contributed by atoms with E-state index in [0.717, 1.165) is 108 Å². The molecule has 2 rings (SSSR count). The van der Waals surface area contributed by atoms with Gasteiger partial charge in [-0.1, -0.05) is 153 Å². The zero-order valence-electron chi connectivity index (χ0n) is 37.9. The van der Waals surface area contributed by atoms with Crippen LogP contribution in [0.4, 0.5) is 0 Å². The Hall–Kier alpha value is -2.78. The second-order valence-corrected chi connectivity index (χ2v) is 16.5. The largest absolute Gasteiger partial charge is 0.466 e. The normalized spacial score (nSPS) is 11.5. The third-order valence-electron chi connectivity index (χ3n) is 11.1. The van der Waals surface area contributed by atoms with E-state index in [9.17, 15) is 14.7 Å². The van der Waals surface area contributed by atoms with Gasteiger partial charge in [0.2, 0.25) is 0 Å². The fraction of sp³-hybridized carbons (Fsp3) is 0.725. The minimum Gasteiger partial charge on any atom is -0.466 e. The van der Waals surface area contributed by atoms with Crippen molar-refractivity contribution in [2.24, 2.45) is 0 Å². The number of aliphatic hydroxyl groups excluding tert-OH is 1. The van der Waals surface area contributed by atoms with Gasteiger partial charge in [0.25, 0.3) is 0 Å². The average molecular weight is 824 g/mol. The van der Waals surface area contributed by atoms with E-state index in [1.54, 1.807) is 0 Å². The van der Waals surface area contributed by atoms with Crippen LogP contribution in [0.25, 0.3) is 0 Å². The molecule has 0 fully saturated rings. The first-order chi connectivity index (χ1) is 29.0. The van der Waals surface area contributed by atoms with E-state index in [4.69, 9.17) is 18.9 Å². The lowest BCUT2D eigenvalue weighted by molar-refractivity contribution is -0.167. The van der Waals surface area contributed by atoms with Crippen molar-refractivity contribution in [1.82, 2.24) is 4.90 Å². The molecule has 0 unspecified atom stereocenters. The molecule has 8 heteroatoms. The molecule has 0 aromatic heterocycles. The van der Waals surface area contributed by atoms with Gasteiger partial charge in [-0.05, 0) is 93.1 Å². The Balaban J connectivity index is 1.58. The van der Waals surface area contributed by atoms with Crippen LogP contribution in [0.2, 0.25) is 0 Å². The lowest BCUT2D eigenvalue weighted by Crippen LogP contribution is -2.29. The van der Waals surface area contributed by atoms with Gasteiger partial charge in [0, 0.05) is 19.4 Å². The maximum Gasteiger partial charge on any atom is 0.305 e. The van der Waals surface area contributed by atoms with Gasteiger partial charge >= 0.3 is 11.9 Å². The molecule has 1 N–H and O–H groups in total. The number of ether oxygens (including phenoxy) is 4. The molecular formula is C51H85NO7. The number of aliphatic hydroxyl groups is 1. The number of carbonyl (C=O) groups is 2. The average Bonchev–Trinajstić information content (AvgIpc) is 3.25. The standard InChI is InChI=1S/C51H85NO7/c1-4-7-10-11-12-17-22-41-56-49(54)26-19-14-13-15-20-37-52(39-40-53)38-21-16-18-23-42-57-50(55)35-36-51(58-43-47-31-27-45(28-32-47)24-8-5-2)59-44-48-33-29-46(30-34-48)25-9-6-3/h27-34,51,53H,4-26,35-44H2,1-3H3. The van der Waals surface area contributed by atoms with Crippen LogP contribution in [-0.2, 0) is 54.6 Å². The summed E-state index contributed by atoms with van der Waals surface area (Å²) in [6.45, 7) is 11.3. The van der Waals surface area contributed by atoms with Gasteiger partial charge in [-0.25, -0.2) is 0 Å². The lowest BCUT2D eigenvalue weighted by Gasteiger charge is -2.21. The molecule has 2 aromatic carbocycles. The zero-order valence-corrected chi connectivity index (χ0v) is 37.9. The molecular weight excluding hydrogens is 739 g/mol. The van der Waals surface area contributed by atoms with Crippen molar-refractivity contribution in [2.45, 2.75) is 201 Å². The molecule has 0 heterocycles. The first-order valence-electron chi connectivity index (χ1n) is 24.0. The van der Waals surface area contributed by atoms with E-state index in [1.807, 2.05) is 0 Å². The summed E-state index contributed by atoms with van der Waals surface area (Å²) in [4.78, 5) is 27.1. The maximum absolute atomic E-state index is 12.7. The second kappa shape index (κ2) is 37.0. The number of nitrogens with zero attached hydrogens (tertiary/aromatic N) is 1.